The zero-order valence-corrected chi connectivity index (χ0v) is 13.9. The number of carbonyl (C=O) groups is 1. The van der Waals surface area contributed by atoms with E-state index in [1.165, 1.54) is 18.3 Å². The zero-order valence-electron chi connectivity index (χ0n) is 13.1. The summed E-state index contributed by atoms with van der Waals surface area (Å²) >= 11 is 5.88. The minimum atomic E-state index is -0.599. The molecule has 0 amide bonds. The number of benzene rings is 1. The fourth-order valence-electron chi connectivity index (χ4n) is 2.36. The van der Waals surface area contributed by atoms with Crippen LogP contribution in [0.5, 0.6) is 0 Å². The third-order valence-electron chi connectivity index (χ3n) is 3.78. The first-order chi connectivity index (χ1) is 11.5. The van der Waals surface area contributed by atoms with E-state index in [-0.39, 0.29) is 17.3 Å². The van der Waals surface area contributed by atoms with Crippen molar-refractivity contribution in [3.8, 4) is 0 Å². The van der Waals surface area contributed by atoms with E-state index in [2.05, 4.69) is 4.98 Å². The maximum atomic E-state index is 12.1. The molecule has 3 rings (SSSR count). The van der Waals surface area contributed by atoms with Crippen molar-refractivity contribution in [1.82, 2.24) is 4.98 Å². The summed E-state index contributed by atoms with van der Waals surface area (Å²) in [4.78, 5) is 27.7. The summed E-state index contributed by atoms with van der Waals surface area (Å²) in [6.45, 7) is 3.84. The van der Waals surface area contributed by atoms with Crippen LogP contribution in [0.25, 0.3) is 11.0 Å². The zero-order chi connectivity index (χ0) is 17.3. The second-order valence-electron chi connectivity index (χ2n) is 5.44. The van der Waals surface area contributed by atoms with Crippen molar-refractivity contribution in [2.24, 2.45) is 0 Å². The van der Waals surface area contributed by atoms with Gasteiger partial charge in [-0.1, -0.05) is 11.6 Å². The summed E-state index contributed by atoms with van der Waals surface area (Å²) in [6, 6.07) is 8.17. The highest BCUT2D eigenvalue weighted by atomic mass is 35.5. The van der Waals surface area contributed by atoms with E-state index < -0.39 is 11.6 Å². The monoisotopic (exact) mass is 343 g/mol. The first-order valence-corrected chi connectivity index (χ1v) is 7.65. The summed E-state index contributed by atoms with van der Waals surface area (Å²) < 4.78 is 10.5. The van der Waals surface area contributed by atoms with Gasteiger partial charge in [0.25, 0.3) is 0 Å². The van der Waals surface area contributed by atoms with Crippen LogP contribution in [0.15, 0.2) is 45.7 Å². The summed E-state index contributed by atoms with van der Waals surface area (Å²) in [6.07, 6.45) is 1.49. The molecule has 2 aromatic heterocycles. The second-order valence-corrected chi connectivity index (χ2v) is 5.80. The summed E-state index contributed by atoms with van der Waals surface area (Å²) in [7, 11) is 0. The van der Waals surface area contributed by atoms with Gasteiger partial charge in [-0.3, -0.25) is 0 Å². The number of nitrogens with zero attached hydrogens (tertiary/aromatic N) is 1. The van der Waals surface area contributed by atoms with Crippen LogP contribution < -0.4 is 5.63 Å². The number of aromatic nitrogens is 1. The highest BCUT2D eigenvalue weighted by Gasteiger charge is 2.14. The molecule has 0 N–H and O–H groups in total. The van der Waals surface area contributed by atoms with Crippen molar-refractivity contribution in [2.45, 2.75) is 20.5 Å². The topological polar surface area (TPSA) is 69.4 Å². The Morgan fingerprint density at radius 3 is 2.75 bits per heavy atom. The standard InChI is InChI=1S/C18H14ClNO4/c1-10-6-14-12(8-16(21)24-15(14)7-11(10)2)9-23-18(22)13-4-3-5-20-17(13)19/h3-8H,9H2,1-2H3. The van der Waals surface area contributed by atoms with E-state index in [0.29, 0.717) is 11.1 Å². The molecule has 0 unspecified atom stereocenters. The van der Waals surface area contributed by atoms with Gasteiger partial charge in [0.1, 0.15) is 17.3 Å². The first kappa shape index (κ1) is 16.2. The van der Waals surface area contributed by atoms with Crippen molar-refractivity contribution in [3.05, 3.63) is 74.4 Å². The average Bonchev–Trinajstić information content (AvgIpc) is 2.54. The number of hydrogen-bond acceptors (Lipinski definition) is 5. The Bertz CT molecular complexity index is 994. The Hall–Kier alpha value is -2.66. The Kier molecular flexibility index (Phi) is 4.36. The van der Waals surface area contributed by atoms with Gasteiger partial charge in [0, 0.05) is 23.2 Å². The lowest BCUT2D eigenvalue weighted by Crippen LogP contribution is -2.09. The smallest absolute Gasteiger partial charge is 0.341 e. The molecular formula is C18H14ClNO4. The minimum Gasteiger partial charge on any atom is -0.457 e. The summed E-state index contributed by atoms with van der Waals surface area (Å²) in [5, 5.41) is 0.814. The van der Waals surface area contributed by atoms with Gasteiger partial charge in [-0.15, -0.1) is 0 Å². The molecule has 0 atom stereocenters. The van der Waals surface area contributed by atoms with Gasteiger partial charge in [-0.25, -0.2) is 14.6 Å². The molecule has 24 heavy (non-hydrogen) atoms. The average molecular weight is 344 g/mol. The van der Waals surface area contributed by atoms with Crippen LogP contribution in [-0.2, 0) is 11.3 Å². The van der Waals surface area contributed by atoms with Crippen LogP contribution in [0.3, 0.4) is 0 Å². The van der Waals surface area contributed by atoms with E-state index >= 15 is 0 Å². The molecule has 2 heterocycles. The van der Waals surface area contributed by atoms with Crippen LogP contribution in [-0.4, -0.2) is 11.0 Å². The van der Waals surface area contributed by atoms with E-state index in [0.717, 1.165) is 16.5 Å². The number of pyridine rings is 1. The van der Waals surface area contributed by atoms with Crippen LogP contribution in [0, 0.1) is 13.8 Å². The van der Waals surface area contributed by atoms with Crippen molar-refractivity contribution >= 4 is 28.5 Å². The maximum Gasteiger partial charge on any atom is 0.341 e. The maximum absolute atomic E-state index is 12.1. The van der Waals surface area contributed by atoms with Crippen LogP contribution in [0.4, 0.5) is 0 Å². The van der Waals surface area contributed by atoms with E-state index in [4.69, 9.17) is 20.8 Å². The Balaban J connectivity index is 1.93. The predicted molar refractivity (Wildman–Crippen MR) is 90.3 cm³/mol. The van der Waals surface area contributed by atoms with E-state index in [9.17, 15) is 9.59 Å². The van der Waals surface area contributed by atoms with Gasteiger partial charge in [0.2, 0.25) is 0 Å². The fourth-order valence-corrected chi connectivity index (χ4v) is 2.56. The number of rotatable bonds is 3. The highest BCUT2D eigenvalue weighted by molar-refractivity contribution is 6.32. The number of carbonyl (C=O) groups excluding carboxylic acids is 1. The molecule has 0 spiro atoms. The molecule has 0 fully saturated rings. The van der Waals surface area contributed by atoms with Gasteiger partial charge in [0.15, 0.2) is 0 Å². The molecule has 6 heteroatoms. The molecule has 0 saturated heterocycles. The third kappa shape index (κ3) is 3.16. The quantitative estimate of drug-likeness (QED) is 0.411. The molecule has 1 aromatic carbocycles. The molecule has 0 aliphatic carbocycles. The molecule has 0 radical (unpaired) electrons. The largest absolute Gasteiger partial charge is 0.457 e. The van der Waals surface area contributed by atoms with Crippen molar-refractivity contribution in [2.75, 3.05) is 0 Å². The minimum absolute atomic E-state index is 0.0609. The number of fused-ring (bicyclic) bond motifs is 1. The van der Waals surface area contributed by atoms with Gasteiger partial charge < -0.3 is 9.15 Å². The summed E-state index contributed by atoms with van der Waals surface area (Å²) in [5.41, 5.74) is 2.81. The van der Waals surface area contributed by atoms with Crippen molar-refractivity contribution in [3.63, 3.8) is 0 Å². The van der Waals surface area contributed by atoms with Gasteiger partial charge in [-0.2, -0.15) is 0 Å². The number of hydrogen-bond donors (Lipinski definition) is 0. The Morgan fingerprint density at radius 2 is 2.00 bits per heavy atom. The van der Waals surface area contributed by atoms with Crippen LogP contribution in [0.2, 0.25) is 5.15 Å². The van der Waals surface area contributed by atoms with E-state index in [1.807, 2.05) is 19.9 Å². The SMILES string of the molecule is Cc1cc2oc(=O)cc(COC(=O)c3cccnc3Cl)c2cc1C. The summed E-state index contributed by atoms with van der Waals surface area (Å²) in [5.74, 6) is -0.599. The molecule has 0 bridgehead atoms. The molecule has 0 aliphatic rings. The van der Waals surface area contributed by atoms with Gasteiger partial charge in [0.05, 0.1) is 5.56 Å². The Labute approximate surface area is 142 Å². The highest BCUT2D eigenvalue weighted by Crippen LogP contribution is 2.22. The normalized spacial score (nSPS) is 10.8. The molecular weight excluding hydrogens is 330 g/mol. The first-order valence-electron chi connectivity index (χ1n) is 7.27. The molecule has 5 nitrogen and oxygen atoms in total. The number of halogens is 1. The lowest BCUT2D eigenvalue weighted by molar-refractivity contribution is 0.0473. The Morgan fingerprint density at radius 1 is 1.25 bits per heavy atom. The third-order valence-corrected chi connectivity index (χ3v) is 4.08. The van der Waals surface area contributed by atoms with Crippen molar-refractivity contribution in [1.29, 1.82) is 0 Å². The van der Waals surface area contributed by atoms with Gasteiger partial charge >= 0.3 is 11.6 Å². The molecule has 122 valence electrons. The lowest BCUT2D eigenvalue weighted by Gasteiger charge is -2.09. The van der Waals surface area contributed by atoms with Crippen LogP contribution >= 0.6 is 11.6 Å². The molecule has 0 saturated carbocycles. The second kappa shape index (κ2) is 6.45. The van der Waals surface area contributed by atoms with Gasteiger partial charge in [-0.05, 0) is 49.2 Å². The number of ether oxygens (including phenoxy) is 1. The van der Waals surface area contributed by atoms with Crippen LogP contribution in [0.1, 0.15) is 27.0 Å². The predicted octanol–water partition coefficient (Wildman–Crippen LogP) is 3.82. The number of aryl methyl sites for hydroxylation is 2. The van der Waals surface area contributed by atoms with E-state index in [1.54, 1.807) is 12.1 Å². The molecule has 0 aliphatic heterocycles. The fraction of sp³-hybridized carbons (Fsp3) is 0.167. The van der Waals surface area contributed by atoms with Crippen molar-refractivity contribution < 1.29 is 13.9 Å². The lowest BCUT2D eigenvalue weighted by atomic mass is 10.0. The number of esters is 1. The molecule has 3 aromatic rings.